The minimum absolute atomic E-state index is 0.256. The lowest BCUT2D eigenvalue weighted by atomic mass is 10.2. The molecule has 0 heterocycles. The van der Waals surface area contributed by atoms with Crippen LogP contribution in [0.2, 0.25) is 0 Å². The fraction of sp³-hybridized carbons (Fsp3) is 0.250. The van der Waals surface area contributed by atoms with Crippen LogP contribution in [-0.2, 0) is 14.3 Å². The van der Waals surface area contributed by atoms with Crippen molar-refractivity contribution in [3.05, 3.63) is 71.8 Å². The maximum atomic E-state index is 11.0. The lowest BCUT2D eigenvalue weighted by Gasteiger charge is -1.99. The first-order valence-electron chi connectivity index (χ1n) is 7.94. The van der Waals surface area contributed by atoms with E-state index in [0.29, 0.717) is 24.3 Å². The first-order chi connectivity index (χ1) is 12.1. The van der Waals surface area contributed by atoms with E-state index in [2.05, 4.69) is 0 Å². The molecular formula is C20H24O5. The van der Waals surface area contributed by atoms with Gasteiger partial charge in [-0.2, -0.15) is 0 Å². The molecule has 0 spiro atoms. The van der Waals surface area contributed by atoms with Gasteiger partial charge in [0.25, 0.3) is 0 Å². The van der Waals surface area contributed by atoms with Gasteiger partial charge in [0.15, 0.2) is 0 Å². The Labute approximate surface area is 148 Å². The van der Waals surface area contributed by atoms with E-state index in [4.69, 9.17) is 14.3 Å². The normalized spacial score (nSPS) is 8.60. The van der Waals surface area contributed by atoms with Crippen molar-refractivity contribution in [1.82, 2.24) is 0 Å². The molecule has 5 heteroatoms. The van der Waals surface area contributed by atoms with Gasteiger partial charge in [0.1, 0.15) is 6.29 Å². The van der Waals surface area contributed by atoms with Crippen molar-refractivity contribution in [3.8, 4) is 0 Å². The molecule has 2 aromatic carbocycles. The van der Waals surface area contributed by atoms with E-state index >= 15 is 0 Å². The zero-order chi connectivity index (χ0) is 18.9. The third-order valence-corrected chi connectivity index (χ3v) is 2.57. The quantitative estimate of drug-likeness (QED) is 0.621. The van der Waals surface area contributed by atoms with Crippen LogP contribution < -0.4 is 0 Å². The molecule has 0 bridgehead atoms. The molecule has 0 fully saturated rings. The molecule has 0 amide bonds. The number of hydrogen-bond acceptors (Lipinski definition) is 5. The summed E-state index contributed by atoms with van der Waals surface area (Å²) in [6.07, 6.45) is 0.750. The van der Waals surface area contributed by atoms with Gasteiger partial charge in [-0.25, -0.2) is 9.59 Å². The number of rotatable bonds is 4. The van der Waals surface area contributed by atoms with Crippen LogP contribution in [0.25, 0.3) is 0 Å². The van der Waals surface area contributed by atoms with Crippen LogP contribution in [0.15, 0.2) is 60.7 Å². The minimum Gasteiger partial charge on any atom is -0.462 e. The SMILES string of the molecule is CC=O.CCOC(=O)c1ccccc1.CCOC(=O)c1ccccc1. The lowest BCUT2D eigenvalue weighted by Crippen LogP contribution is -2.03. The van der Waals surface area contributed by atoms with Crippen molar-refractivity contribution >= 4 is 18.2 Å². The highest BCUT2D eigenvalue weighted by molar-refractivity contribution is 5.89. The number of benzene rings is 2. The standard InChI is InChI=1S/2C9H10O2.C2H4O/c2*1-2-11-9(10)8-6-4-3-5-7-8;1-2-3/h2*3-7H,2H2,1H3;2H,1H3. The van der Waals surface area contributed by atoms with Crippen molar-refractivity contribution in [3.63, 3.8) is 0 Å². The van der Waals surface area contributed by atoms with E-state index in [9.17, 15) is 9.59 Å². The number of hydrogen-bond donors (Lipinski definition) is 0. The van der Waals surface area contributed by atoms with Crippen LogP contribution in [0, 0.1) is 0 Å². The second kappa shape index (κ2) is 14.6. The highest BCUT2D eigenvalue weighted by atomic mass is 16.5. The van der Waals surface area contributed by atoms with E-state index in [1.54, 1.807) is 38.1 Å². The molecule has 0 aliphatic carbocycles. The molecule has 2 aromatic rings. The average molecular weight is 344 g/mol. The van der Waals surface area contributed by atoms with Crippen molar-refractivity contribution in [2.75, 3.05) is 13.2 Å². The average Bonchev–Trinajstić information content (AvgIpc) is 2.65. The second-order valence-electron chi connectivity index (χ2n) is 4.41. The molecule has 0 radical (unpaired) electrons. The van der Waals surface area contributed by atoms with E-state index in [0.717, 1.165) is 6.29 Å². The van der Waals surface area contributed by atoms with Crippen molar-refractivity contribution in [1.29, 1.82) is 0 Å². The summed E-state index contributed by atoms with van der Waals surface area (Å²) in [4.78, 5) is 30.9. The number of ether oxygens (including phenoxy) is 2. The Balaban J connectivity index is 0.000000399. The summed E-state index contributed by atoms with van der Waals surface area (Å²) in [5.74, 6) is -0.513. The van der Waals surface area contributed by atoms with Gasteiger partial charge in [-0.1, -0.05) is 36.4 Å². The third-order valence-electron chi connectivity index (χ3n) is 2.57. The smallest absolute Gasteiger partial charge is 0.338 e. The van der Waals surface area contributed by atoms with Gasteiger partial charge in [0.2, 0.25) is 0 Å². The van der Waals surface area contributed by atoms with Gasteiger partial charge in [0, 0.05) is 0 Å². The minimum atomic E-state index is -0.256. The van der Waals surface area contributed by atoms with Crippen LogP contribution >= 0.6 is 0 Å². The summed E-state index contributed by atoms with van der Waals surface area (Å²) in [6, 6.07) is 17.9. The Hall–Kier alpha value is -2.95. The lowest BCUT2D eigenvalue weighted by molar-refractivity contribution is -0.106. The van der Waals surface area contributed by atoms with E-state index in [1.165, 1.54) is 6.92 Å². The zero-order valence-electron chi connectivity index (χ0n) is 14.8. The van der Waals surface area contributed by atoms with Gasteiger partial charge in [-0.3, -0.25) is 0 Å². The van der Waals surface area contributed by atoms with Gasteiger partial charge in [0.05, 0.1) is 24.3 Å². The summed E-state index contributed by atoms with van der Waals surface area (Å²) in [7, 11) is 0. The molecule has 0 aliphatic rings. The van der Waals surface area contributed by atoms with E-state index in [-0.39, 0.29) is 11.9 Å². The predicted molar refractivity (Wildman–Crippen MR) is 96.5 cm³/mol. The molecule has 0 saturated carbocycles. The van der Waals surface area contributed by atoms with Gasteiger partial charge < -0.3 is 14.3 Å². The maximum Gasteiger partial charge on any atom is 0.338 e. The van der Waals surface area contributed by atoms with Crippen LogP contribution in [0.5, 0.6) is 0 Å². The molecule has 0 aliphatic heterocycles. The molecule has 0 N–H and O–H groups in total. The molecule has 0 saturated heterocycles. The Kier molecular flexibility index (Phi) is 12.9. The van der Waals surface area contributed by atoms with Crippen molar-refractivity contribution < 1.29 is 23.9 Å². The monoisotopic (exact) mass is 344 g/mol. The maximum absolute atomic E-state index is 11.0. The van der Waals surface area contributed by atoms with Gasteiger partial charge in [-0.15, -0.1) is 0 Å². The highest BCUT2D eigenvalue weighted by Gasteiger charge is 2.03. The van der Waals surface area contributed by atoms with Crippen LogP contribution in [0.1, 0.15) is 41.5 Å². The first-order valence-corrected chi connectivity index (χ1v) is 7.94. The highest BCUT2D eigenvalue weighted by Crippen LogP contribution is 2.00. The number of aldehydes is 1. The van der Waals surface area contributed by atoms with Crippen LogP contribution in [0.3, 0.4) is 0 Å². The van der Waals surface area contributed by atoms with Crippen molar-refractivity contribution in [2.24, 2.45) is 0 Å². The third kappa shape index (κ3) is 10.4. The molecule has 0 atom stereocenters. The molecule has 2 rings (SSSR count). The van der Waals surface area contributed by atoms with Gasteiger partial charge >= 0.3 is 11.9 Å². The number of carbonyl (C=O) groups excluding carboxylic acids is 3. The van der Waals surface area contributed by atoms with Crippen LogP contribution in [-0.4, -0.2) is 31.4 Å². The summed E-state index contributed by atoms with van der Waals surface area (Å²) >= 11 is 0. The summed E-state index contributed by atoms with van der Waals surface area (Å²) in [5.41, 5.74) is 1.21. The van der Waals surface area contributed by atoms with E-state index in [1.807, 2.05) is 36.4 Å². The van der Waals surface area contributed by atoms with Crippen LogP contribution in [0.4, 0.5) is 0 Å². The predicted octanol–water partition coefficient (Wildman–Crippen LogP) is 3.93. The Morgan fingerprint density at radius 1 is 0.760 bits per heavy atom. The first kappa shape index (κ1) is 22.1. The summed E-state index contributed by atoms with van der Waals surface area (Å²) in [6.45, 7) is 5.88. The topological polar surface area (TPSA) is 69.7 Å². The molecule has 0 aromatic heterocycles. The molecule has 134 valence electrons. The number of carbonyl (C=O) groups is 3. The molecular weight excluding hydrogens is 320 g/mol. The molecule has 25 heavy (non-hydrogen) atoms. The summed E-state index contributed by atoms with van der Waals surface area (Å²) < 4.78 is 9.58. The fourth-order valence-corrected chi connectivity index (χ4v) is 1.58. The molecule has 5 nitrogen and oxygen atoms in total. The largest absolute Gasteiger partial charge is 0.462 e. The van der Waals surface area contributed by atoms with Gasteiger partial charge in [-0.05, 0) is 45.0 Å². The Bertz CT molecular complexity index is 555. The molecule has 0 unspecified atom stereocenters. The zero-order valence-corrected chi connectivity index (χ0v) is 14.8. The Morgan fingerprint density at radius 2 is 1.04 bits per heavy atom. The number of esters is 2. The Morgan fingerprint density at radius 3 is 1.28 bits per heavy atom. The van der Waals surface area contributed by atoms with Crippen molar-refractivity contribution in [2.45, 2.75) is 20.8 Å². The fourth-order valence-electron chi connectivity index (χ4n) is 1.58. The summed E-state index contributed by atoms with van der Waals surface area (Å²) in [5, 5.41) is 0. The second-order valence-corrected chi connectivity index (χ2v) is 4.41. The van der Waals surface area contributed by atoms with E-state index < -0.39 is 0 Å².